The Balaban J connectivity index is 1.71. The zero-order chi connectivity index (χ0) is 17.9. The van der Waals surface area contributed by atoms with Crippen molar-refractivity contribution in [3.05, 3.63) is 35.7 Å². The van der Waals surface area contributed by atoms with Crippen LogP contribution in [-0.4, -0.2) is 39.0 Å². The minimum absolute atomic E-state index is 0.0665. The number of methoxy groups -OCH3 is 2. The van der Waals surface area contributed by atoms with Gasteiger partial charge in [-0.2, -0.15) is 5.10 Å². The molecule has 0 unspecified atom stereocenters. The zero-order valence-corrected chi connectivity index (χ0v) is 15.3. The van der Waals surface area contributed by atoms with Gasteiger partial charge in [-0.15, -0.1) is 0 Å². The number of aryl methyl sites for hydroxylation is 1. The van der Waals surface area contributed by atoms with Gasteiger partial charge in [-0.1, -0.05) is 0 Å². The summed E-state index contributed by atoms with van der Waals surface area (Å²) in [5.74, 6) is 0.743. The lowest BCUT2D eigenvalue weighted by Crippen LogP contribution is -2.28. The van der Waals surface area contributed by atoms with E-state index in [0.29, 0.717) is 12.3 Å². The summed E-state index contributed by atoms with van der Waals surface area (Å²) in [6.07, 6.45) is 6.31. The van der Waals surface area contributed by atoms with E-state index in [9.17, 15) is 8.42 Å². The molecule has 1 heterocycles. The molecule has 0 amide bonds. The van der Waals surface area contributed by atoms with Crippen LogP contribution in [-0.2, 0) is 29.4 Å². The topological polar surface area (TPSA) is 82.5 Å². The third-order valence-electron chi connectivity index (χ3n) is 4.42. The predicted molar refractivity (Wildman–Crippen MR) is 93.6 cm³/mol. The second-order valence-corrected chi connectivity index (χ2v) is 7.70. The molecule has 1 aromatic carbocycles. The molecular formula is C17H23N3O4S. The van der Waals surface area contributed by atoms with Gasteiger partial charge >= 0.3 is 0 Å². The van der Waals surface area contributed by atoms with Crippen LogP contribution in [0.4, 0.5) is 0 Å². The smallest absolute Gasteiger partial charge is 0.244 e. The Morgan fingerprint density at radius 3 is 2.76 bits per heavy atom. The van der Waals surface area contributed by atoms with E-state index < -0.39 is 10.0 Å². The summed E-state index contributed by atoms with van der Waals surface area (Å²) in [6, 6.07) is 4.70. The molecule has 1 aliphatic carbocycles. The van der Waals surface area contributed by atoms with E-state index in [1.807, 2.05) is 10.9 Å². The molecule has 8 heteroatoms. The van der Waals surface area contributed by atoms with Crippen LogP contribution >= 0.6 is 0 Å². The number of nitrogens with one attached hydrogen (secondary N) is 1. The highest BCUT2D eigenvalue weighted by molar-refractivity contribution is 7.89. The zero-order valence-electron chi connectivity index (χ0n) is 14.5. The van der Waals surface area contributed by atoms with Crippen molar-refractivity contribution in [2.75, 3.05) is 20.8 Å². The van der Waals surface area contributed by atoms with Crippen molar-refractivity contribution >= 4 is 10.0 Å². The third-order valence-corrected chi connectivity index (χ3v) is 5.90. The van der Waals surface area contributed by atoms with Gasteiger partial charge in [0.25, 0.3) is 0 Å². The molecule has 136 valence electrons. The third kappa shape index (κ3) is 3.80. The molecule has 0 aliphatic heterocycles. The van der Waals surface area contributed by atoms with Crippen molar-refractivity contribution < 1.29 is 17.9 Å². The van der Waals surface area contributed by atoms with Crippen molar-refractivity contribution in [2.24, 2.45) is 0 Å². The van der Waals surface area contributed by atoms with Gasteiger partial charge in [0, 0.05) is 18.3 Å². The minimum Gasteiger partial charge on any atom is -0.497 e. The van der Waals surface area contributed by atoms with Crippen LogP contribution in [0.15, 0.2) is 29.3 Å². The maximum absolute atomic E-state index is 12.6. The van der Waals surface area contributed by atoms with Gasteiger partial charge in [0.05, 0.1) is 27.0 Å². The standard InChI is InChI=1S/C17H23N3O4S/c1-23-14-7-8-16(24-2)17(11-14)25(21,22)19-9-10-20-15-6-4-3-5-13(15)12-18-20/h7-8,11-12,19H,3-6,9-10H2,1-2H3. The van der Waals surface area contributed by atoms with Crippen LogP contribution in [0.1, 0.15) is 24.1 Å². The van der Waals surface area contributed by atoms with Crippen molar-refractivity contribution in [3.63, 3.8) is 0 Å². The summed E-state index contributed by atoms with van der Waals surface area (Å²) in [6.45, 7) is 0.762. The average molecular weight is 365 g/mol. The molecule has 0 saturated heterocycles. The molecule has 0 spiro atoms. The molecule has 3 rings (SSSR count). The first-order valence-corrected chi connectivity index (χ1v) is 9.78. The van der Waals surface area contributed by atoms with E-state index in [1.54, 1.807) is 12.1 Å². The van der Waals surface area contributed by atoms with E-state index in [-0.39, 0.29) is 17.2 Å². The van der Waals surface area contributed by atoms with E-state index in [4.69, 9.17) is 9.47 Å². The number of hydrogen-bond donors (Lipinski definition) is 1. The number of fused-ring (bicyclic) bond motifs is 1. The highest BCUT2D eigenvalue weighted by Gasteiger charge is 2.21. The van der Waals surface area contributed by atoms with Gasteiger partial charge in [0.1, 0.15) is 16.4 Å². The SMILES string of the molecule is COc1ccc(OC)c(S(=O)(=O)NCCn2ncc3c2CCCC3)c1. The summed E-state index contributed by atoms with van der Waals surface area (Å²) in [4.78, 5) is 0.0665. The second-order valence-electron chi connectivity index (χ2n) is 5.96. The Kier molecular flexibility index (Phi) is 5.29. The fraction of sp³-hybridized carbons (Fsp3) is 0.471. The van der Waals surface area contributed by atoms with Crippen LogP contribution in [0, 0.1) is 0 Å². The van der Waals surface area contributed by atoms with Crippen LogP contribution in [0.3, 0.4) is 0 Å². The van der Waals surface area contributed by atoms with Gasteiger partial charge in [0.2, 0.25) is 10.0 Å². The molecule has 1 N–H and O–H groups in total. The number of aromatic nitrogens is 2. The Labute approximate surface area is 148 Å². The quantitative estimate of drug-likeness (QED) is 0.808. The number of hydrogen-bond acceptors (Lipinski definition) is 5. The first kappa shape index (κ1) is 17.8. The highest BCUT2D eigenvalue weighted by atomic mass is 32.2. The summed E-state index contributed by atoms with van der Waals surface area (Å²) in [5.41, 5.74) is 2.51. The predicted octanol–water partition coefficient (Wildman–Crippen LogP) is 1.76. The van der Waals surface area contributed by atoms with Crippen LogP contribution in [0.5, 0.6) is 11.5 Å². The Hall–Kier alpha value is -2.06. The van der Waals surface area contributed by atoms with Gasteiger partial charge in [-0.25, -0.2) is 13.1 Å². The van der Waals surface area contributed by atoms with Crippen molar-refractivity contribution in [1.29, 1.82) is 0 Å². The lowest BCUT2D eigenvalue weighted by atomic mass is 9.98. The number of ether oxygens (including phenoxy) is 2. The number of nitrogens with zero attached hydrogens (tertiary/aromatic N) is 2. The molecule has 0 atom stereocenters. The molecule has 2 aromatic rings. The van der Waals surface area contributed by atoms with E-state index in [0.717, 1.165) is 19.3 Å². The van der Waals surface area contributed by atoms with Crippen molar-refractivity contribution in [1.82, 2.24) is 14.5 Å². The van der Waals surface area contributed by atoms with Gasteiger partial charge in [-0.3, -0.25) is 4.68 Å². The largest absolute Gasteiger partial charge is 0.497 e. The fourth-order valence-electron chi connectivity index (χ4n) is 3.11. The normalized spacial score (nSPS) is 14.2. The lowest BCUT2D eigenvalue weighted by Gasteiger charge is -2.15. The van der Waals surface area contributed by atoms with Gasteiger partial charge in [0.15, 0.2) is 0 Å². The molecule has 25 heavy (non-hydrogen) atoms. The van der Waals surface area contributed by atoms with E-state index >= 15 is 0 Å². The molecule has 0 radical (unpaired) electrons. The monoisotopic (exact) mass is 365 g/mol. The maximum Gasteiger partial charge on any atom is 0.244 e. The number of rotatable bonds is 7. The Bertz CT molecular complexity index is 846. The first-order valence-electron chi connectivity index (χ1n) is 8.30. The second kappa shape index (κ2) is 7.45. The Morgan fingerprint density at radius 1 is 1.20 bits per heavy atom. The van der Waals surface area contributed by atoms with Crippen LogP contribution < -0.4 is 14.2 Å². The average Bonchev–Trinajstić information content (AvgIpc) is 3.04. The van der Waals surface area contributed by atoms with Crippen LogP contribution in [0.25, 0.3) is 0 Å². The number of sulfonamides is 1. The molecule has 0 saturated carbocycles. The highest BCUT2D eigenvalue weighted by Crippen LogP contribution is 2.28. The lowest BCUT2D eigenvalue weighted by molar-refractivity contribution is 0.392. The maximum atomic E-state index is 12.6. The molecule has 7 nitrogen and oxygen atoms in total. The molecule has 1 aromatic heterocycles. The number of benzene rings is 1. The first-order chi connectivity index (χ1) is 12.0. The fourth-order valence-corrected chi connectivity index (χ4v) is 4.31. The molecule has 0 fully saturated rings. The summed E-state index contributed by atoms with van der Waals surface area (Å²) in [7, 11) is -0.772. The van der Waals surface area contributed by atoms with Gasteiger partial charge in [-0.05, 0) is 43.4 Å². The summed E-state index contributed by atoms with van der Waals surface area (Å²) < 4.78 is 40.0. The minimum atomic E-state index is -3.71. The van der Waals surface area contributed by atoms with Crippen LogP contribution in [0.2, 0.25) is 0 Å². The molecular weight excluding hydrogens is 342 g/mol. The summed E-state index contributed by atoms with van der Waals surface area (Å²) >= 11 is 0. The van der Waals surface area contributed by atoms with E-state index in [2.05, 4.69) is 9.82 Å². The molecule has 0 bridgehead atoms. The van der Waals surface area contributed by atoms with Crippen molar-refractivity contribution in [3.8, 4) is 11.5 Å². The van der Waals surface area contributed by atoms with Crippen molar-refractivity contribution in [2.45, 2.75) is 37.1 Å². The summed E-state index contributed by atoms with van der Waals surface area (Å²) in [5, 5.41) is 4.39. The molecule has 1 aliphatic rings. The van der Waals surface area contributed by atoms with Gasteiger partial charge < -0.3 is 9.47 Å². The van der Waals surface area contributed by atoms with E-state index in [1.165, 1.54) is 38.0 Å². The Morgan fingerprint density at radius 2 is 2.00 bits per heavy atom.